The molecule has 1 aliphatic heterocycles. The summed E-state index contributed by atoms with van der Waals surface area (Å²) in [6, 6.07) is 13.3. The van der Waals surface area contributed by atoms with Crippen LogP contribution in [0.2, 0.25) is 5.02 Å². The molecule has 0 N–H and O–H groups in total. The number of anilines is 1. The van der Waals surface area contributed by atoms with E-state index in [1.165, 1.54) is 15.9 Å². The van der Waals surface area contributed by atoms with Crippen molar-refractivity contribution < 1.29 is 26.4 Å². The highest BCUT2D eigenvalue weighted by Crippen LogP contribution is 2.29. The van der Waals surface area contributed by atoms with Gasteiger partial charge in [-0.3, -0.25) is 4.90 Å². The van der Waals surface area contributed by atoms with Gasteiger partial charge in [-0.05, 0) is 29.8 Å². The summed E-state index contributed by atoms with van der Waals surface area (Å²) in [4.78, 5) is 16.3. The maximum absolute atomic E-state index is 13.3. The lowest BCUT2D eigenvalue weighted by Crippen LogP contribution is -2.49. The first kappa shape index (κ1) is 23.1. The maximum atomic E-state index is 13.3. The smallest absolute Gasteiger partial charge is 0.324 e. The molecule has 12 heteroatoms. The van der Waals surface area contributed by atoms with E-state index < -0.39 is 22.2 Å². The van der Waals surface area contributed by atoms with Gasteiger partial charge in [0.25, 0.3) is 5.89 Å². The van der Waals surface area contributed by atoms with Crippen molar-refractivity contribution in [2.75, 3.05) is 29.5 Å². The zero-order valence-electron chi connectivity index (χ0n) is 17.2. The number of urea groups is 1. The summed E-state index contributed by atoms with van der Waals surface area (Å²) >= 11 is 6.44. The molecular weight excluding hydrogens is 478 g/mol. The Morgan fingerprint density at radius 1 is 1.12 bits per heavy atom. The lowest BCUT2D eigenvalue weighted by atomic mass is 10.1. The van der Waals surface area contributed by atoms with Crippen molar-refractivity contribution >= 4 is 33.2 Å². The van der Waals surface area contributed by atoms with Crippen LogP contribution >= 0.6 is 11.6 Å². The molecule has 0 aliphatic carbocycles. The molecule has 0 radical (unpaired) electrons. The highest BCUT2D eigenvalue weighted by atomic mass is 35.5. The van der Waals surface area contributed by atoms with Crippen molar-refractivity contribution in [3.8, 4) is 11.5 Å². The molecule has 3 aromatic rings. The molecule has 8 nitrogen and oxygen atoms in total. The van der Waals surface area contributed by atoms with Crippen LogP contribution in [-0.2, 0) is 16.4 Å². The van der Waals surface area contributed by atoms with Gasteiger partial charge in [0.1, 0.15) is 0 Å². The number of para-hydroxylation sites is 1. The number of hydrogen-bond donors (Lipinski definition) is 0. The third-order valence-corrected chi connectivity index (χ3v) is 7.13. The Labute approximate surface area is 193 Å². The van der Waals surface area contributed by atoms with Gasteiger partial charge < -0.3 is 9.32 Å². The maximum Gasteiger partial charge on any atom is 0.324 e. The van der Waals surface area contributed by atoms with Crippen molar-refractivity contribution in [3.63, 3.8) is 0 Å². The Bertz CT molecular complexity index is 1240. The minimum atomic E-state index is -3.14. The Kier molecular flexibility index (Phi) is 6.61. The van der Waals surface area contributed by atoms with E-state index in [-0.39, 0.29) is 48.1 Å². The van der Waals surface area contributed by atoms with Gasteiger partial charge in [-0.15, -0.1) is 10.2 Å². The number of benzene rings is 2. The molecule has 1 aromatic heterocycles. The molecule has 2 heterocycles. The molecule has 1 saturated heterocycles. The van der Waals surface area contributed by atoms with E-state index in [0.717, 1.165) is 0 Å². The summed E-state index contributed by atoms with van der Waals surface area (Å²) in [5.41, 5.74) is 1.58. The van der Waals surface area contributed by atoms with Crippen molar-refractivity contribution in [2.45, 2.75) is 13.0 Å². The number of alkyl halides is 2. The predicted molar refractivity (Wildman–Crippen MR) is 118 cm³/mol. The Morgan fingerprint density at radius 2 is 1.82 bits per heavy atom. The van der Waals surface area contributed by atoms with E-state index in [2.05, 4.69) is 10.2 Å². The summed E-state index contributed by atoms with van der Waals surface area (Å²) < 4.78 is 53.9. The van der Waals surface area contributed by atoms with Crippen LogP contribution in [0.5, 0.6) is 0 Å². The van der Waals surface area contributed by atoms with Gasteiger partial charge in [-0.1, -0.05) is 35.9 Å². The molecule has 2 amide bonds. The van der Waals surface area contributed by atoms with Crippen LogP contribution in [0.25, 0.3) is 11.5 Å². The van der Waals surface area contributed by atoms with Crippen LogP contribution in [0, 0.1) is 0 Å². The third kappa shape index (κ3) is 5.31. The first-order chi connectivity index (χ1) is 15.7. The summed E-state index contributed by atoms with van der Waals surface area (Å²) in [5.74, 6) is -1.04. The Hall–Kier alpha value is -3.05. The molecule has 2 aromatic carbocycles. The van der Waals surface area contributed by atoms with Crippen LogP contribution < -0.4 is 4.90 Å². The topological polar surface area (TPSA) is 96.6 Å². The summed E-state index contributed by atoms with van der Waals surface area (Å²) in [6.45, 7) is 0.332. The molecule has 1 fully saturated rings. The highest BCUT2D eigenvalue weighted by Gasteiger charge is 2.29. The number of halogens is 3. The molecule has 33 heavy (non-hydrogen) atoms. The lowest BCUT2D eigenvalue weighted by Gasteiger charge is -2.33. The number of hydrogen-bond acceptors (Lipinski definition) is 6. The molecule has 0 spiro atoms. The summed E-state index contributed by atoms with van der Waals surface area (Å²) in [7, 11) is -3.14. The first-order valence-corrected chi connectivity index (χ1v) is 12.2. The van der Waals surface area contributed by atoms with Crippen LogP contribution in [0.3, 0.4) is 0 Å². The average molecular weight is 497 g/mol. The van der Waals surface area contributed by atoms with Gasteiger partial charge in [0.05, 0.1) is 18.1 Å². The van der Waals surface area contributed by atoms with E-state index >= 15 is 0 Å². The fourth-order valence-corrected chi connectivity index (χ4v) is 4.81. The molecule has 174 valence electrons. The second kappa shape index (κ2) is 9.44. The SMILES string of the molecule is O=C(N1CCS(=O)(=O)CC1)N(Cc1ccc(-c2nnc(C(F)F)o2)cc1Cl)c1ccccc1. The molecule has 1 aliphatic rings. The predicted octanol–water partition coefficient (Wildman–Crippen LogP) is 4.18. The fraction of sp³-hybridized carbons (Fsp3) is 0.286. The number of sulfone groups is 1. The zero-order chi connectivity index (χ0) is 23.6. The van der Waals surface area contributed by atoms with Crippen LogP contribution in [0.15, 0.2) is 52.9 Å². The van der Waals surface area contributed by atoms with Gasteiger partial charge in [0.15, 0.2) is 9.84 Å². The molecular formula is C21H19ClF2N4O4S. The van der Waals surface area contributed by atoms with E-state index in [9.17, 15) is 22.0 Å². The van der Waals surface area contributed by atoms with Crippen LogP contribution in [-0.4, -0.2) is 54.1 Å². The quantitative estimate of drug-likeness (QED) is 0.525. The summed E-state index contributed by atoms with van der Waals surface area (Å²) in [6.07, 6.45) is -2.88. The van der Waals surface area contributed by atoms with Gasteiger partial charge in [0.2, 0.25) is 5.89 Å². The Balaban J connectivity index is 1.59. The standard InChI is InChI=1S/C21H19ClF2N4O4S/c22-17-12-14(19-25-26-20(32-19)18(23)24)6-7-15(17)13-28(16-4-2-1-3-5-16)21(29)27-8-10-33(30,31)11-9-27/h1-7,12,18H,8-11,13H2. The van der Waals surface area contributed by atoms with Crippen LogP contribution in [0.4, 0.5) is 19.3 Å². The van der Waals surface area contributed by atoms with Crippen molar-refractivity contribution in [3.05, 3.63) is 65.0 Å². The first-order valence-electron chi connectivity index (χ1n) is 9.96. The van der Waals surface area contributed by atoms with E-state index in [1.807, 2.05) is 6.07 Å². The second-order valence-electron chi connectivity index (χ2n) is 7.40. The normalized spacial score (nSPS) is 15.6. The van der Waals surface area contributed by atoms with Crippen molar-refractivity contribution in [1.82, 2.24) is 15.1 Å². The highest BCUT2D eigenvalue weighted by molar-refractivity contribution is 7.91. The molecule has 4 rings (SSSR count). The molecule has 0 atom stereocenters. The van der Waals surface area contributed by atoms with Crippen molar-refractivity contribution in [2.24, 2.45) is 0 Å². The number of carbonyl (C=O) groups is 1. The summed E-state index contributed by atoms with van der Waals surface area (Å²) in [5, 5.41) is 7.20. The lowest BCUT2D eigenvalue weighted by molar-refractivity contribution is 0.116. The van der Waals surface area contributed by atoms with Gasteiger partial charge in [0, 0.05) is 29.4 Å². The van der Waals surface area contributed by atoms with Gasteiger partial charge in [-0.2, -0.15) is 8.78 Å². The van der Waals surface area contributed by atoms with E-state index in [4.69, 9.17) is 16.0 Å². The number of amides is 2. The largest absolute Gasteiger partial charge is 0.415 e. The average Bonchev–Trinajstić information content (AvgIpc) is 3.29. The minimum Gasteiger partial charge on any atom is -0.415 e. The van der Waals surface area contributed by atoms with Gasteiger partial charge in [-0.25, -0.2) is 13.2 Å². The molecule has 0 bridgehead atoms. The number of aromatic nitrogens is 2. The minimum absolute atomic E-state index is 0.0817. The number of rotatable bonds is 5. The second-order valence-corrected chi connectivity index (χ2v) is 10.1. The third-order valence-electron chi connectivity index (χ3n) is 5.17. The van der Waals surface area contributed by atoms with Gasteiger partial charge >= 0.3 is 12.5 Å². The van der Waals surface area contributed by atoms with Crippen molar-refractivity contribution in [1.29, 1.82) is 0 Å². The molecule has 0 saturated carbocycles. The monoisotopic (exact) mass is 496 g/mol. The zero-order valence-corrected chi connectivity index (χ0v) is 18.8. The number of carbonyl (C=O) groups excluding carboxylic acids is 1. The Morgan fingerprint density at radius 3 is 2.42 bits per heavy atom. The van der Waals surface area contributed by atoms with E-state index in [1.54, 1.807) is 36.4 Å². The van der Waals surface area contributed by atoms with E-state index in [0.29, 0.717) is 16.8 Å². The number of nitrogens with zero attached hydrogens (tertiary/aromatic N) is 4. The molecule has 0 unspecified atom stereocenters. The van der Waals surface area contributed by atoms with Crippen LogP contribution in [0.1, 0.15) is 17.9 Å². The fourth-order valence-electron chi connectivity index (χ4n) is 3.37.